The summed E-state index contributed by atoms with van der Waals surface area (Å²) in [7, 11) is 0. The van der Waals surface area contributed by atoms with Gasteiger partial charge in [-0.1, -0.05) is 44.7 Å². The lowest BCUT2D eigenvalue weighted by Gasteiger charge is -2.50. The molecule has 1 aromatic carbocycles. The standard InChI is InChI=1S/C27H33N3O8S/c1-10-11-5-6-12(26(2,3)7-4-8-39-25(29)30)19(32)16(11)21(34)18-15(10)20(33)13-9-14(31)17(24(28)37)22(35)27(13,38)23(18)36/h5-6,10,13,15,20,31-33,36,38H,4,7-9H2,1-3H3,(H2,28,37)(H3,29,30)/t10-,13+,15+,20+,27+/m0/s1. The molecule has 5 atom stereocenters. The highest BCUT2D eigenvalue weighted by molar-refractivity contribution is 8.13. The van der Waals surface area contributed by atoms with E-state index in [1.807, 2.05) is 13.8 Å². The first-order valence-corrected chi connectivity index (χ1v) is 13.5. The van der Waals surface area contributed by atoms with Gasteiger partial charge in [-0.2, -0.15) is 0 Å². The van der Waals surface area contributed by atoms with Crippen molar-refractivity contribution < 1.29 is 39.9 Å². The zero-order valence-corrected chi connectivity index (χ0v) is 22.6. The Hall–Kier alpha value is -3.35. The summed E-state index contributed by atoms with van der Waals surface area (Å²) in [4.78, 5) is 38.9. The number of rotatable bonds is 6. The van der Waals surface area contributed by atoms with Gasteiger partial charge in [-0.05, 0) is 29.7 Å². The average molecular weight is 560 g/mol. The largest absolute Gasteiger partial charge is 0.511 e. The van der Waals surface area contributed by atoms with E-state index in [1.165, 1.54) is 11.8 Å². The van der Waals surface area contributed by atoms with E-state index < -0.39 is 81.4 Å². The number of allylic oxidation sites excluding steroid dienone is 1. The van der Waals surface area contributed by atoms with Crippen LogP contribution >= 0.6 is 11.8 Å². The van der Waals surface area contributed by atoms with Crippen molar-refractivity contribution >= 4 is 34.4 Å². The molecule has 4 rings (SSSR count). The predicted octanol–water partition coefficient (Wildman–Crippen LogP) is 1.80. The zero-order valence-electron chi connectivity index (χ0n) is 21.8. The summed E-state index contributed by atoms with van der Waals surface area (Å²) in [6.45, 7) is 5.48. The van der Waals surface area contributed by atoms with Crippen LogP contribution in [0.15, 0.2) is 34.8 Å². The van der Waals surface area contributed by atoms with Crippen LogP contribution in [-0.2, 0) is 15.0 Å². The molecule has 0 spiro atoms. The molecule has 0 saturated carbocycles. The van der Waals surface area contributed by atoms with E-state index in [2.05, 4.69) is 0 Å². The first-order valence-electron chi connectivity index (χ1n) is 12.6. The highest BCUT2D eigenvalue weighted by Crippen LogP contribution is 2.55. The van der Waals surface area contributed by atoms with Crippen LogP contribution in [0.3, 0.4) is 0 Å². The Morgan fingerprint density at radius 3 is 2.44 bits per heavy atom. The van der Waals surface area contributed by atoms with Crippen molar-refractivity contribution in [2.24, 2.45) is 23.3 Å². The number of ketones is 2. The molecule has 39 heavy (non-hydrogen) atoms. The van der Waals surface area contributed by atoms with Crippen LogP contribution in [0.4, 0.5) is 0 Å². The van der Waals surface area contributed by atoms with Crippen molar-refractivity contribution in [2.75, 3.05) is 5.75 Å². The number of aromatic hydroxyl groups is 1. The number of nitrogens with two attached hydrogens (primary N) is 2. The topological polar surface area (TPSA) is 228 Å². The molecule has 3 aliphatic carbocycles. The molecule has 11 nitrogen and oxygen atoms in total. The molecule has 10 N–H and O–H groups in total. The number of phenolic OH excluding ortho intramolecular Hbond substituents is 1. The van der Waals surface area contributed by atoms with Gasteiger partial charge in [0.15, 0.2) is 16.6 Å². The van der Waals surface area contributed by atoms with Crippen molar-refractivity contribution in [3.05, 3.63) is 51.5 Å². The molecule has 0 unspecified atom stereocenters. The van der Waals surface area contributed by atoms with Gasteiger partial charge in [0.1, 0.15) is 22.8 Å². The van der Waals surface area contributed by atoms with Crippen LogP contribution in [0.2, 0.25) is 0 Å². The maximum Gasteiger partial charge on any atom is 0.255 e. The summed E-state index contributed by atoms with van der Waals surface area (Å²) in [5, 5.41) is 63.0. The first kappa shape index (κ1) is 28.7. The van der Waals surface area contributed by atoms with Gasteiger partial charge in [0.2, 0.25) is 5.78 Å². The zero-order chi connectivity index (χ0) is 29.2. The van der Waals surface area contributed by atoms with Crippen molar-refractivity contribution in [3.8, 4) is 5.75 Å². The van der Waals surface area contributed by atoms with Gasteiger partial charge in [-0.25, -0.2) is 0 Å². The summed E-state index contributed by atoms with van der Waals surface area (Å²) < 4.78 is 0. The molecule has 3 aliphatic rings. The lowest BCUT2D eigenvalue weighted by molar-refractivity contribution is -0.154. The minimum atomic E-state index is -2.87. The van der Waals surface area contributed by atoms with Gasteiger partial charge in [0, 0.05) is 35.1 Å². The quantitative estimate of drug-likeness (QED) is 0.109. The third-order valence-electron chi connectivity index (χ3n) is 8.43. The number of carbonyl (C=O) groups excluding carboxylic acids is 3. The predicted molar refractivity (Wildman–Crippen MR) is 144 cm³/mol. The molecule has 0 aliphatic heterocycles. The second-order valence-corrected chi connectivity index (χ2v) is 12.3. The molecule has 0 aromatic heterocycles. The van der Waals surface area contributed by atoms with E-state index >= 15 is 0 Å². The summed E-state index contributed by atoms with van der Waals surface area (Å²) in [6, 6.07) is 3.41. The highest BCUT2D eigenvalue weighted by atomic mass is 32.2. The molecule has 1 aromatic rings. The van der Waals surface area contributed by atoms with Gasteiger partial charge in [0.25, 0.3) is 5.91 Å². The number of hydrogen-bond acceptors (Lipinski definition) is 10. The molecule has 210 valence electrons. The average Bonchev–Trinajstić information content (AvgIpc) is 2.84. The van der Waals surface area contributed by atoms with Crippen molar-refractivity contribution in [1.29, 1.82) is 5.41 Å². The molecule has 0 fully saturated rings. The normalized spacial score (nSPS) is 28.6. The van der Waals surface area contributed by atoms with Crippen LogP contribution in [0, 0.1) is 17.2 Å². The number of phenols is 1. The fourth-order valence-corrected chi connectivity index (χ4v) is 6.88. The molecule has 12 heteroatoms. The van der Waals surface area contributed by atoms with Crippen LogP contribution in [0.5, 0.6) is 5.75 Å². The molecule has 0 saturated heterocycles. The number of thioether (sulfide) groups is 1. The van der Waals surface area contributed by atoms with E-state index in [1.54, 1.807) is 19.1 Å². The van der Waals surface area contributed by atoms with Crippen molar-refractivity contribution in [2.45, 2.75) is 63.1 Å². The first-order chi connectivity index (χ1) is 18.1. The fourth-order valence-electron chi connectivity index (χ4n) is 6.37. The number of fused-ring (bicyclic) bond motifs is 3. The number of aliphatic hydroxyl groups is 4. The summed E-state index contributed by atoms with van der Waals surface area (Å²) >= 11 is 1.21. The molecule has 0 heterocycles. The maximum atomic E-state index is 13.9. The Morgan fingerprint density at radius 1 is 1.21 bits per heavy atom. The van der Waals surface area contributed by atoms with Crippen LogP contribution in [0.25, 0.3) is 0 Å². The number of primary amides is 1. The smallest absolute Gasteiger partial charge is 0.255 e. The van der Waals surface area contributed by atoms with Gasteiger partial charge in [-0.15, -0.1) is 0 Å². The molecule has 0 bridgehead atoms. The lowest BCUT2D eigenvalue weighted by Crippen LogP contribution is -2.62. The Morgan fingerprint density at radius 2 is 1.85 bits per heavy atom. The number of amides is 1. The maximum absolute atomic E-state index is 13.9. The highest BCUT2D eigenvalue weighted by Gasteiger charge is 2.64. The number of Topliss-reactive ketones (excluding diaryl/α,β-unsaturated/α-hetero) is 2. The third kappa shape index (κ3) is 4.21. The van der Waals surface area contributed by atoms with E-state index in [9.17, 15) is 39.9 Å². The molecular formula is C27H33N3O8S. The molecule has 0 radical (unpaired) electrons. The third-order valence-corrected chi connectivity index (χ3v) is 9.24. The minimum absolute atomic E-state index is 0.00955. The minimum Gasteiger partial charge on any atom is -0.511 e. The van der Waals surface area contributed by atoms with Crippen LogP contribution in [0.1, 0.15) is 67.4 Å². The summed E-state index contributed by atoms with van der Waals surface area (Å²) in [6.07, 6.45) is -0.813. The Bertz CT molecular complexity index is 1370. The van der Waals surface area contributed by atoms with Gasteiger partial charge in [-0.3, -0.25) is 19.8 Å². The van der Waals surface area contributed by atoms with E-state index in [4.69, 9.17) is 16.9 Å². The summed E-state index contributed by atoms with van der Waals surface area (Å²) in [5.74, 6) is -8.16. The van der Waals surface area contributed by atoms with Gasteiger partial charge < -0.3 is 37.0 Å². The lowest BCUT2D eigenvalue weighted by atomic mass is 9.56. The monoisotopic (exact) mass is 559 g/mol. The number of nitrogens with one attached hydrogen (secondary N) is 1. The van der Waals surface area contributed by atoms with Crippen molar-refractivity contribution in [3.63, 3.8) is 0 Å². The van der Waals surface area contributed by atoms with E-state index in [-0.39, 0.29) is 16.5 Å². The second kappa shape index (κ2) is 9.68. The Labute approximate surface area is 229 Å². The molecule has 1 amide bonds. The molecular weight excluding hydrogens is 526 g/mol. The van der Waals surface area contributed by atoms with E-state index in [0.29, 0.717) is 29.7 Å². The van der Waals surface area contributed by atoms with E-state index in [0.717, 1.165) is 0 Å². The van der Waals surface area contributed by atoms with Crippen LogP contribution in [-0.4, -0.2) is 65.6 Å². The number of hydrogen-bond donors (Lipinski definition) is 8. The SMILES string of the molecule is C[C@H]1c2ccc(C(C)(C)CCCSC(=N)N)c(O)c2C(=O)C2=C(O)[C@]3(O)C(=O)C(C(N)=O)=C(O)C[C@@H]3[C@@H](O)[C@@H]21. The number of benzene rings is 1. The number of carbonyl (C=O) groups is 3. The van der Waals surface area contributed by atoms with Gasteiger partial charge >= 0.3 is 0 Å². The summed E-state index contributed by atoms with van der Waals surface area (Å²) in [5.41, 5.74) is 6.62. The number of aliphatic hydroxyl groups excluding tert-OH is 3. The van der Waals surface area contributed by atoms with Crippen LogP contribution < -0.4 is 11.5 Å². The fraction of sp³-hybridized carbons (Fsp3) is 0.481. The Kier molecular flexibility index (Phi) is 7.12. The second-order valence-electron chi connectivity index (χ2n) is 11.1. The Balaban J connectivity index is 1.83. The number of amidine groups is 1. The van der Waals surface area contributed by atoms with Gasteiger partial charge in [0.05, 0.1) is 11.7 Å². The van der Waals surface area contributed by atoms with Crippen molar-refractivity contribution in [1.82, 2.24) is 0 Å².